The van der Waals surface area contributed by atoms with Gasteiger partial charge < -0.3 is 30.1 Å². The molecule has 1 aliphatic heterocycles. The Morgan fingerprint density at radius 3 is 2.38 bits per heavy atom. The van der Waals surface area contributed by atoms with E-state index in [1.54, 1.807) is 0 Å². The summed E-state index contributed by atoms with van der Waals surface area (Å²) in [6.07, 6.45) is -2.78. The number of fused-ring (bicyclic) bond motifs is 1. The maximum Gasteiger partial charge on any atom is 0.377 e. The number of aromatic amines is 1. The zero-order valence-electron chi connectivity index (χ0n) is 13.5. The minimum atomic E-state index is -1.42. The van der Waals surface area contributed by atoms with Gasteiger partial charge in [0, 0.05) is 14.1 Å². The zero-order valence-corrected chi connectivity index (χ0v) is 14.3. The van der Waals surface area contributed by atoms with Crippen LogP contribution in [0.15, 0.2) is 21.1 Å². The van der Waals surface area contributed by atoms with Gasteiger partial charge in [0.25, 0.3) is 5.56 Å². The van der Waals surface area contributed by atoms with Crippen LogP contribution in [0, 0.1) is 0 Å². The highest BCUT2D eigenvalue weighted by Crippen LogP contribution is 2.20. The number of halogens is 1. The van der Waals surface area contributed by atoms with E-state index in [1.165, 1.54) is 18.7 Å². The van der Waals surface area contributed by atoms with E-state index in [2.05, 4.69) is 14.7 Å². The van der Waals surface area contributed by atoms with Crippen molar-refractivity contribution in [2.45, 2.75) is 12.2 Å². The molecule has 0 aliphatic carbocycles. The number of ether oxygens (including phenoxy) is 1. The molecule has 0 fully saturated rings. The van der Waals surface area contributed by atoms with Gasteiger partial charge in [-0.05, 0) is 11.6 Å². The number of cyclic esters (lactones) is 1. The number of carbonyl (C=O) groups is 1. The summed E-state index contributed by atoms with van der Waals surface area (Å²) in [5, 5.41) is 35.1. The minimum absolute atomic E-state index is 0.0956. The Balaban J connectivity index is 0.000000190. The van der Waals surface area contributed by atoms with Crippen LogP contribution in [0.2, 0.25) is 5.28 Å². The molecule has 0 unspecified atom stereocenters. The minimum Gasteiger partial charge on any atom is -0.505 e. The normalized spacial score (nSPS) is 17.9. The summed E-state index contributed by atoms with van der Waals surface area (Å²) in [6.45, 7) is -0.671. The molecule has 0 amide bonds. The van der Waals surface area contributed by atoms with Crippen molar-refractivity contribution < 1.29 is 30.0 Å². The number of rotatable bonds is 2. The van der Waals surface area contributed by atoms with Gasteiger partial charge in [-0.15, -0.1) is 0 Å². The third kappa shape index (κ3) is 3.29. The van der Waals surface area contributed by atoms with Crippen LogP contribution in [0.3, 0.4) is 0 Å². The average molecular weight is 391 g/mol. The SMILES string of the molecule is Cn1c(=O)c2[nH]c(Cl)nc2n(C)c1=O.O=C1O[C@H]([C@@H](O)CO)C(O)=C1O. The summed E-state index contributed by atoms with van der Waals surface area (Å²) < 4.78 is 6.58. The fourth-order valence-corrected chi connectivity index (χ4v) is 2.30. The molecule has 3 heterocycles. The first kappa shape index (κ1) is 19.5. The molecule has 0 radical (unpaired) electrons. The number of aryl methyl sites for hydroxylation is 1. The predicted molar refractivity (Wildman–Crippen MR) is 86.8 cm³/mol. The molecule has 0 saturated carbocycles. The topological polar surface area (TPSA) is 180 Å². The van der Waals surface area contributed by atoms with Crippen molar-refractivity contribution in [3.05, 3.63) is 37.6 Å². The molecule has 5 N–H and O–H groups in total. The molecule has 0 aromatic carbocycles. The van der Waals surface area contributed by atoms with Crippen LogP contribution in [0.25, 0.3) is 11.2 Å². The van der Waals surface area contributed by atoms with Crippen LogP contribution in [0.1, 0.15) is 0 Å². The molecular weight excluding hydrogens is 376 g/mol. The molecule has 13 heteroatoms. The lowest BCUT2D eigenvalue weighted by molar-refractivity contribution is -0.147. The van der Waals surface area contributed by atoms with E-state index in [0.717, 1.165) is 4.57 Å². The van der Waals surface area contributed by atoms with Gasteiger partial charge >= 0.3 is 11.7 Å². The van der Waals surface area contributed by atoms with Crippen LogP contribution in [0.5, 0.6) is 0 Å². The highest BCUT2D eigenvalue weighted by molar-refractivity contribution is 6.28. The van der Waals surface area contributed by atoms with E-state index < -0.39 is 47.6 Å². The van der Waals surface area contributed by atoms with Gasteiger partial charge in [0.05, 0.1) is 6.61 Å². The van der Waals surface area contributed by atoms with Crippen LogP contribution in [0.4, 0.5) is 0 Å². The smallest absolute Gasteiger partial charge is 0.377 e. The molecule has 2 atom stereocenters. The average Bonchev–Trinajstić information content (AvgIpc) is 3.13. The molecule has 0 spiro atoms. The molecule has 0 bridgehead atoms. The molecule has 0 saturated heterocycles. The molecule has 1 aliphatic rings. The van der Waals surface area contributed by atoms with Gasteiger partial charge in [-0.1, -0.05) is 0 Å². The second-order valence-electron chi connectivity index (χ2n) is 5.24. The number of nitrogens with zero attached hydrogens (tertiary/aromatic N) is 3. The lowest BCUT2D eigenvalue weighted by Crippen LogP contribution is -2.36. The Morgan fingerprint density at radius 1 is 1.27 bits per heavy atom. The Labute approximate surface area is 149 Å². The van der Waals surface area contributed by atoms with E-state index in [1.807, 2.05) is 0 Å². The van der Waals surface area contributed by atoms with Crippen molar-refractivity contribution in [1.82, 2.24) is 19.1 Å². The first-order valence-corrected chi connectivity index (χ1v) is 7.41. The Morgan fingerprint density at radius 2 is 1.88 bits per heavy atom. The van der Waals surface area contributed by atoms with Gasteiger partial charge in [0.15, 0.2) is 23.0 Å². The van der Waals surface area contributed by atoms with E-state index in [9.17, 15) is 14.4 Å². The van der Waals surface area contributed by atoms with E-state index in [0.29, 0.717) is 0 Å². The van der Waals surface area contributed by atoms with Crippen LogP contribution < -0.4 is 11.2 Å². The largest absolute Gasteiger partial charge is 0.505 e. The quantitative estimate of drug-likeness (QED) is 0.292. The van der Waals surface area contributed by atoms with Crippen molar-refractivity contribution in [2.24, 2.45) is 14.1 Å². The first-order chi connectivity index (χ1) is 12.1. The van der Waals surface area contributed by atoms with Crippen LogP contribution in [-0.4, -0.2) is 64.3 Å². The highest BCUT2D eigenvalue weighted by atomic mass is 35.5. The predicted octanol–water partition coefficient (Wildman–Crippen LogP) is -1.79. The van der Waals surface area contributed by atoms with Crippen LogP contribution >= 0.6 is 11.6 Å². The summed E-state index contributed by atoms with van der Waals surface area (Å²) in [5.41, 5.74) is -0.351. The molecule has 3 rings (SSSR count). The maximum atomic E-state index is 11.5. The number of nitrogens with one attached hydrogen (secondary N) is 1. The van der Waals surface area contributed by atoms with Crippen molar-refractivity contribution in [3.63, 3.8) is 0 Å². The van der Waals surface area contributed by atoms with Crippen molar-refractivity contribution >= 4 is 28.7 Å². The van der Waals surface area contributed by atoms with Crippen molar-refractivity contribution in [2.75, 3.05) is 6.61 Å². The Hall–Kier alpha value is -2.83. The van der Waals surface area contributed by atoms with E-state index in [-0.39, 0.29) is 16.4 Å². The van der Waals surface area contributed by atoms with Gasteiger partial charge in [0.1, 0.15) is 6.10 Å². The van der Waals surface area contributed by atoms with Gasteiger partial charge in [0.2, 0.25) is 11.0 Å². The first-order valence-electron chi connectivity index (χ1n) is 7.03. The monoisotopic (exact) mass is 390 g/mol. The summed E-state index contributed by atoms with van der Waals surface area (Å²) in [4.78, 5) is 39.9. The fraction of sp³-hybridized carbons (Fsp3) is 0.385. The zero-order chi connectivity index (χ0) is 19.8. The molecular formula is C13H15ClN4O8. The lowest BCUT2D eigenvalue weighted by Gasteiger charge is -2.13. The standard InChI is InChI=1S/C7H7ClN4O2.C6H8O6/c1-11-4-3(9-6(8)10-4)5(13)12(2)7(11)14;7-1-2(8)5-3(9)4(10)6(11)12-5/h1-2H3,(H,9,10);2,5,7-10H,1H2/t;2-,5+/m.0/s1. The van der Waals surface area contributed by atoms with Gasteiger partial charge in [-0.3, -0.25) is 13.9 Å². The number of hydrogen-bond donors (Lipinski definition) is 5. The fourth-order valence-electron chi connectivity index (χ4n) is 2.12. The van der Waals surface area contributed by atoms with Gasteiger partial charge in [-0.25, -0.2) is 9.59 Å². The number of aliphatic hydroxyl groups excluding tert-OH is 4. The molecule has 2 aromatic rings. The molecule has 2 aromatic heterocycles. The number of esters is 1. The summed E-state index contributed by atoms with van der Waals surface area (Å²) >= 11 is 5.60. The van der Waals surface area contributed by atoms with Gasteiger partial charge in [-0.2, -0.15) is 4.98 Å². The van der Waals surface area contributed by atoms with E-state index in [4.69, 9.17) is 32.0 Å². The number of hydrogen-bond acceptors (Lipinski definition) is 9. The third-order valence-electron chi connectivity index (χ3n) is 3.54. The summed E-state index contributed by atoms with van der Waals surface area (Å²) in [5.74, 6) is -2.78. The number of aliphatic hydroxyl groups is 4. The molecule has 26 heavy (non-hydrogen) atoms. The number of aromatic nitrogens is 4. The Kier molecular flexibility index (Phi) is 5.39. The van der Waals surface area contributed by atoms with Crippen LogP contribution in [-0.2, 0) is 23.6 Å². The third-order valence-corrected chi connectivity index (χ3v) is 3.72. The molecule has 12 nitrogen and oxygen atoms in total. The highest BCUT2D eigenvalue weighted by Gasteiger charge is 2.38. The number of imidazole rings is 1. The number of H-pyrrole nitrogens is 1. The second kappa shape index (κ2) is 7.19. The second-order valence-corrected chi connectivity index (χ2v) is 5.60. The maximum absolute atomic E-state index is 11.5. The number of carbonyl (C=O) groups excluding carboxylic acids is 1. The lowest BCUT2D eigenvalue weighted by atomic mass is 10.2. The van der Waals surface area contributed by atoms with Crippen molar-refractivity contribution in [3.8, 4) is 0 Å². The Bertz CT molecular complexity index is 1000. The summed E-state index contributed by atoms with van der Waals surface area (Å²) in [6, 6.07) is 0. The van der Waals surface area contributed by atoms with Crippen molar-refractivity contribution in [1.29, 1.82) is 0 Å². The molecule has 142 valence electrons. The summed E-state index contributed by atoms with van der Waals surface area (Å²) in [7, 11) is 2.93. The van der Waals surface area contributed by atoms with E-state index >= 15 is 0 Å².